The number of pyridine rings is 1. The number of carboxylic acid groups (broad SMARTS) is 2. The molecular weight excluding hydrogens is 258 g/mol. The molecule has 3 aromatic rings. The third kappa shape index (κ3) is 1.76. The number of nitrogens with zero attached hydrogens (tertiary/aromatic N) is 1. The molecule has 20 heavy (non-hydrogen) atoms. The minimum atomic E-state index is -1.27. The van der Waals surface area contributed by atoms with E-state index < -0.39 is 11.9 Å². The lowest BCUT2D eigenvalue weighted by Gasteiger charge is -2.07. The Morgan fingerprint density at radius 3 is 2.35 bits per heavy atom. The second kappa shape index (κ2) is 4.31. The Morgan fingerprint density at radius 2 is 1.65 bits per heavy atom. The Bertz CT molecular complexity index is 870. The summed E-state index contributed by atoms with van der Waals surface area (Å²) in [7, 11) is 0. The van der Waals surface area contributed by atoms with Gasteiger partial charge in [0.2, 0.25) is 0 Å². The Hall–Kier alpha value is -2.95. The molecule has 0 radical (unpaired) electrons. The summed E-state index contributed by atoms with van der Waals surface area (Å²) >= 11 is 0. The van der Waals surface area contributed by atoms with Gasteiger partial charge in [-0.1, -0.05) is 18.2 Å². The topological polar surface area (TPSA) is 87.5 Å². The van der Waals surface area contributed by atoms with Crippen molar-refractivity contribution in [1.29, 1.82) is 0 Å². The van der Waals surface area contributed by atoms with Crippen LogP contribution in [-0.2, 0) is 0 Å². The van der Waals surface area contributed by atoms with E-state index >= 15 is 0 Å². The molecule has 2 N–H and O–H groups in total. The van der Waals surface area contributed by atoms with Gasteiger partial charge in [0.1, 0.15) is 0 Å². The van der Waals surface area contributed by atoms with Gasteiger partial charge in [-0.3, -0.25) is 0 Å². The third-order valence-electron chi connectivity index (χ3n) is 3.14. The highest BCUT2D eigenvalue weighted by atomic mass is 16.4. The summed E-state index contributed by atoms with van der Waals surface area (Å²) in [4.78, 5) is 26.9. The fourth-order valence-corrected chi connectivity index (χ4v) is 2.26. The standard InChI is InChI=1S/C15H9NO4/c17-14(18)9-5-6-12-10(13(9)15(19)20)7-8-3-1-2-4-11(8)16-12/h1-7H,(H,17,18)(H,19,20). The lowest BCUT2D eigenvalue weighted by molar-refractivity contribution is 0.0653. The van der Waals surface area contributed by atoms with E-state index in [2.05, 4.69) is 4.98 Å². The molecular formula is C15H9NO4. The first-order chi connectivity index (χ1) is 9.58. The maximum Gasteiger partial charge on any atom is 0.337 e. The van der Waals surface area contributed by atoms with Crippen LogP contribution in [0.25, 0.3) is 21.8 Å². The van der Waals surface area contributed by atoms with Crippen LogP contribution in [0.15, 0.2) is 42.5 Å². The van der Waals surface area contributed by atoms with Gasteiger partial charge in [-0.2, -0.15) is 0 Å². The molecule has 0 atom stereocenters. The smallest absolute Gasteiger partial charge is 0.337 e. The molecule has 0 aliphatic heterocycles. The van der Waals surface area contributed by atoms with Gasteiger partial charge in [0.05, 0.1) is 22.2 Å². The van der Waals surface area contributed by atoms with Crippen molar-refractivity contribution in [2.45, 2.75) is 0 Å². The summed E-state index contributed by atoms with van der Waals surface area (Å²) in [6.45, 7) is 0. The van der Waals surface area contributed by atoms with E-state index in [1.165, 1.54) is 12.1 Å². The molecule has 0 saturated carbocycles. The molecule has 0 bridgehead atoms. The number of carbonyl (C=O) groups is 2. The highest BCUT2D eigenvalue weighted by Gasteiger charge is 2.19. The summed E-state index contributed by atoms with van der Waals surface area (Å²) in [6.07, 6.45) is 0. The maximum absolute atomic E-state index is 11.4. The summed E-state index contributed by atoms with van der Waals surface area (Å²) in [6, 6.07) is 11.7. The molecule has 0 fully saturated rings. The molecule has 3 rings (SSSR count). The van der Waals surface area contributed by atoms with Crippen LogP contribution in [0.3, 0.4) is 0 Å². The molecule has 98 valence electrons. The van der Waals surface area contributed by atoms with Crippen LogP contribution in [0.1, 0.15) is 20.7 Å². The number of rotatable bonds is 2. The van der Waals surface area contributed by atoms with Crippen molar-refractivity contribution >= 4 is 33.7 Å². The quantitative estimate of drug-likeness (QED) is 0.697. The molecule has 0 unspecified atom stereocenters. The number of benzene rings is 2. The number of para-hydroxylation sites is 1. The fourth-order valence-electron chi connectivity index (χ4n) is 2.26. The summed E-state index contributed by atoms with van der Waals surface area (Å²) in [5.74, 6) is -2.54. The van der Waals surface area contributed by atoms with E-state index in [-0.39, 0.29) is 11.1 Å². The number of fused-ring (bicyclic) bond motifs is 2. The Morgan fingerprint density at radius 1 is 0.900 bits per heavy atom. The number of carboxylic acids is 2. The average molecular weight is 267 g/mol. The highest BCUT2D eigenvalue weighted by molar-refractivity contribution is 6.12. The lowest BCUT2D eigenvalue weighted by Crippen LogP contribution is -2.09. The Balaban J connectivity index is 2.49. The van der Waals surface area contributed by atoms with E-state index in [1.54, 1.807) is 12.1 Å². The lowest BCUT2D eigenvalue weighted by atomic mass is 10.0. The van der Waals surface area contributed by atoms with Crippen molar-refractivity contribution in [1.82, 2.24) is 4.98 Å². The van der Waals surface area contributed by atoms with E-state index in [1.807, 2.05) is 18.2 Å². The van der Waals surface area contributed by atoms with Gasteiger partial charge in [-0.15, -0.1) is 0 Å². The monoisotopic (exact) mass is 267 g/mol. The predicted octanol–water partition coefficient (Wildman–Crippen LogP) is 2.78. The van der Waals surface area contributed by atoms with E-state index in [0.717, 1.165) is 10.9 Å². The number of aromatic carboxylic acids is 2. The molecule has 0 aliphatic carbocycles. The van der Waals surface area contributed by atoms with E-state index in [4.69, 9.17) is 5.11 Å². The summed E-state index contributed by atoms with van der Waals surface area (Å²) in [5.41, 5.74) is 0.737. The highest BCUT2D eigenvalue weighted by Crippen LogP contribution is 2.25. The minimum absolute atomic E-state index is 0.228. The van der Waals surface area contributed by atoms with Crippen LogP contribution in [-0.4, -0.2) is 27.1 Å². The molecule has 1 heterocycles. The predicted molar refractivity (Wildman–Crippen MR) is 73.2 cm³/mol. The van der Waals surface area contributed by atoms with Gasteiger partial charge in [-0.25, -0.2) is 14.6 Å². The van der Waals surface area contributed by atoms with Gasteiger partial charge < -0.3 is 10.2 Å². The number of aromatic nitrogens is 1. The maximum atomic E-state index is 11.4. The SMILES string of the molecule is O=C(O)c1ccc2nc3ccccc3cc2c1C(=O)O. The normalized spacial score (nSPS) is 10.8. The fraction of sp³-hybridized carbons (Fsp3) is 0. The van der Waals surface area contributed by atoms with Crippen LogP contribution in [0.2, 0.25) is 0 Å². The number of hydrogen-bond donors (Lipinski definition) is 2. The van der Waals surface area contributed by atoms with Crippen LogP contribution >= 0.6 is 0 Å². The number of hydrogen-bond acceptors (Lipinski definition) is 3. The minimum Gasteiger partial charge on any atom is -0.478 e. The van der Waals surface area contributed by atoms with Crippen LogP contribution in [0, 0.1) is 0 Å². The van der Waals surface area contributed by atoms with Gasteiger partial charge in [0.25, 0.3) is 0 Å². The molecule has 0 spiro atoms. The molecule has 0 saturated heterocycles. The molecule has 0 aliphatic rings. The largest absolute Gasteiger partial charge is 0.478 e. The zero-order valence-electron chi connectivity index (χ0n) is 10.2. The Labute approximate surface area is 113 Å². The van der Waals surface area contributed by atoms with Crippen molar-refractivity contribution in [2.24, 2.45) is 0 Å². The van der Waals surface area contributed by atoms with Crippen LogP contribution < -0.4 is 0 Å². The van der Waals surface area contributed by atoms with E-state index in [0.29, 0.717) is 10.9 Å². The van der Waals surface area contributed by atoms with Gasteiger partial charge in [-0.05, 0) is 24.3 Å². The zero-order chi connectivity index (χ0) is 14.3. The van der Waals surface area contributed by atoms with Gasteiger partial charge in [0.15, 0.2) is 0 Å². The average Bonchev–Trinajstić information content (AvgIpc) is 2.43. The van der Waals surface area contributed by atoms with Crippen LogP contribution in [0.5, 0.6) is 0 Å². The molecule has 2 aromatic carbocycles. The first-order valence-corrected chi connectivity index (χ1v) is 5.87. The van der Waals surface area contributed by atoms with Crippen molar-refractivity contribution in [3.8, 4) is 0 Å². The third-order valence-corrected chi connectivity index (χ3v) is 3.14. The second-order valence-corrected chi connectivity index (χ2v) is 4.35. The van der Waals surface area contributed by atoms with Crippen molar-refractivity contribution in [3.63, 3.8) is 0 Å². The summed E-state index contributed by atoms with van der Waals surface area (Å²) in [5, 5.41) is 19.5. The van der Waals surface area contributed by atoms with Crippen molar-refractivity contribution < 1.29 is 19.8 Å². The van der Waals surface area contributed by atoms with Crippen molar-refractivity contribution in [3.05, 3.63) is 53.6 Å². The molecule has 5 heteroatoms. The van der Waals surface area contributed by atoms with Crippen molar-refractivity contribution in [2.75, 3.05) is 0 Å². The van der Waals surface area contributed by atoms with Gasteiger partial charge >= 0.3 is 11.9 Å². The Kier molecular flexibility index (Phi) is 2.61. The second-order valence-electron chi connectivity index (χ2n) is 4.35. The van der Waals surface area contributed by atoms with Crippen LogP contribution in [0.4, 0.5) is 0 Å². The summed E-state index contributed by atoms with van der Waals surface area (Å²) < 4.78 is 0. The zero-order valence-corrected chi connectivity index (χ0v) is 10.2. The van der Waals surface area contributed by atoms with E-state index in [9.17, 15) is 14.7 Å². The molecule has 5 nitrogen and oxygen atoms in total. The molecule has 1 aromatic heterocycles. The molecule has 0 amide bonds. The van der Waals surface area contributed by atoms with Gasteiger partial charge in [0, 0.05) is 10.8 Å². The first-order valence-electron chi connectivity index (χ1n) is 5.87. The first kappa shape index (κ1) is 12.1.